The molecule has 1 aliphatic heterocycles. The molecule has 1 aliphatic rings. The zero-order valence-electron chi connectivity index (χ0n) is 13.0. The van der Waals surface area contributed by atoms with Crippen molar-refractivity contribution < 1.29 is 14.1 Å². The fourth-order valence-corrected chi connectivity index (χ4v) is 2.80. The molecule has 0 spiro atoms. The Hall–Kier alpha value is -1.89. The van der Waals surface area contributed by atoms with Crippen LogP contribution in [0, 0.1) is 15.9 Å². The molecular weight excluding hydrogens is 289 g/mol. The smallest absolute Gasteiger partial charge is 0.295 e. The number of nitro benzene ring substituents is 1. The van der Waals surface area contributed by atoms with Crippen molar-refractivity contribution in [1.82, 2.24) is 4.90 Å². The summed E-state index contributed by atoms with van der Waals surface area (Å²) < 4.78 is 18.6. The van der Waals surface area contributed by atoms with E-state index in [-0.39, 0.29) is 17.5 Å². The maximum absolute atomic E-state index is 13.6. The number of nitrogens with zero attached hydrogens (tertiary/aromatic N) is 2. The van der Waals surface area contributed by atoms with Crippen molar-refractivity contribution in [2.24, 2.45) is 0 Å². The molecule has 7 heteroatoms. The predicted molar refractivity (Wildman–Crippen MR) is 83.0 cm³/mol. The molecule has 0 radical (unpaired) electrons. The number of rotatable bonds is 6. The fraction of sp³-hybridized carbons (Fsp3) is 0.600. The molecule has 0 aliphatic carbocycles. The maximum atomic E-state index is 13.6. The monoisotopic (exact) mass is 311 g/mol. The molecule has 1 saturated heterocycles. The van der Waals surface area contributed by atoms with Gasteiger partial charge in [0.2, 0.25) is 0 Å². The number of ether oxygens (including phenoxy) is 1. The first-order valence-corrected chi connectivity index (χ1v) is 7.56. The van der Waals surface area contributed by atoms with Crippen LogP contribution in [0.3, 0.4) is 0 Å². The number of nitrogens with one attached hydrogen (secondary N) is 1. The third kappa shape index (κ3) is 3.85. The van der Waals surface area contributed by atoms with Gasteiger partial charge >= 0.3 is 0 Å². The number of halogens is 1. The van der Waals surface area contributed by atoms with Gasteiger partial charge in [-0.05, 0) is 25.8 Å². The Morgan fingerprint density at radius 3 is 2.68 bits per heavy atom. The number of hydrogen-bond acceptors (Lipinski definition) is 5. The largest absolute Gasteiger partial charge is 0.494 e. The van der Waals surface area contributed by atoms with Crippen LogP contribution in [0.5, 0.6) is 5.75 Å². The summed E-state index contributed by atoms with van der Waals surface area (Å²) in [7, 11) is 1.34. The van der Waals surface area contributed by atoms with Crippen LogP contribution in [0.2, 0.25) is 0 Å². The topological polar surface area (TPSA) is 67.6 Å². The van der Waals surface area contributed by atoms with E-state index in [1.165, 1.54) is 13.2 Å². The minimum absolute atomic E-state index is 0.0107. The second kappa shape index (κ2) is 7.40. The SMILES string of the molecule is CCCN1CCC(Nc2cc(OC)c(F)cc2[N+](=O)[O-])CC1. The number of anilines is 1. The highest BCUT2D eigenvalue weighted by Crippen LogP contribution is 2.33. The van der Waals surface area contributed by atoms with Crippen LogP contribution < -0.4 is 10.1 Å². The van der Waals surface area contributed by atoms with E-state index in [2.05, 4.69) is 17.1 Å². The van der Waals surface area contributed by atoms with E-state index in [1.54, 1.807) is 0 Å². The van der Waals surface area contributed by atoms with Gasteiger partial charge in [0.05, 0.1) is 18.1 Å². The zero-order chi connectivity index (χ0) is 16.1. The molecule has 0 bridgehead atoms. The minimum atomic E-state index is -0.725. The first-order valence-electron chi connectivity index (χ1n) is 7.56. The Kier molecular flexibility index (Phi) is 5.54. The summed E-state index contributed by atoms with van der Waals surface area (Å²) in [6.45, 7) is 5.17. The second-order valence-electron chi connectivity index (χ2n) is 5.52. The summed E-state index contributed by atoms with van der Waals surface area (Å²) in [6.07, 6.45) is 2.95. The summed E-state index contributed by atoms with van der Waals surface area (Å²) >= 11 is 0. The number of hydrogen-bond donors (Lipinski definition) is 1. The first-order chi connectivity index (χ1) is 10.5. The van der Waals surface area contributed by atoms with Crippen LogP contribution in [0.25, 0.3) is 0 Å². The lowest BCUT2D eigenvalue weighted by atomic mass is 10.0. The standard InChI is InChI=1S/C15H22FN3O3/c1-3-6-18-7-4-11(5-8-18)17-13-10-15(22-2)12(16)9-14(13)19(20)21/h9-11,17H,3-8H2,1-2H3. The van der Waals surface area contributed by atoms with E-state index >= 15 is 0 Å². The van der Waals surface area contributed by atoms with Gasteiger partial charge in [0.15, 0.2) is 11.6 Å². The van der Waals surface area contributed by atoms with E-state index in [1.807, 2.05) is 0 Å². The third-order valence-electron chi connectivity index (χ3n) is 3.95. The quantitative estimate of drug-likeness (QED) is 0.646. The number of nitro groups is 1. The Bertz CT molecular complexity index is 531. The second-order valence-corrected chi connectivity index (χ2v) is 5.52. The van der Waals surface area contributed by atoms with Gasteiger partial charge in [-0.25, -0.2) is 4.39 Å². The Labute approximate surface area is 129 Å². The molecule has 122 valence electrons. The van der Waals surface area contributed by atoms with Crippen LogP contribution in [0.15, 0.2) is 12.1 Å². The van der Waals surface area contributed by atoms with E-state index < -0.39 is 10.7 Å². The highest BCUT2D eigenvalue weighted by atomic mass is 19.1. The molecule has 1 fully saturated rings. The molecule has 1 N–H and O–H groups in total. The summed E-state index contributed by atoms with van der Waals surface area (Å²) in [5, 5.41) is 14.3. The lowest BCUT2D eigenvalue weighted by Crippen LogP contribution is -2.39. The Morgan fingerprint density at radius 1 is 1.45 bits per heavy atom. The number of methoxy groups -OCH3 is 1. The van der Waals surface area contributed by atoms with Gasteiger partial charge in [-0.15, -0.1) is 0 Å². The maximum Gasteiger partial charge on any atom is 0.295 e. The van der Waals surface area contributed by atoms with Crippen molar-refractivity contribution in [3.05, 3.63) is 28.1 Å². The third-order valence-corrected chi connectivity index (χ3v) is 3.95. The molecular formula is C15H22FN3O3. The molecule has 0 aromatic heterocycles. The van der Waals surface area contributed by atoms with Crippen molar-refractivity contribution in [1.29, 1.82) is 0 Å². The molecule has 1 aromatic carbocycles. The molecule has 1 aromatic rings. The van der Waals surface area contributed by atoms with E-state index in [0.29, 0.717) is 5.69 Å². The average Bonchev–Trinajstić information content (AvgIpc) is 2.50. The summed E-state index contributed by atoms with van der Waals surface area (Å²) in [5.74, 6) is -0.714. The van der Waals surface area contributed by atoms with Gasteiger partial charge in [-0.3, -0.25) is 10.1 Å². The van der Waals surface area contributed by atoms with Crippen LogP contribution in [-0.4, -0.2) is 42.6 Å². The van der Waals surface area contributed by atoms with Gasteiger partial charge in [0.25, 0.3) is 5.69 Å². The molecule has 0 amide bonds. The first kappa shape index (κ1) is 16.5. The van der Waals surface area contributed by atoms with Gasteiger partial charge in [-0.2, -0.15) is 0 Å². The number of benzene rings is 1. The van der Waals surface area contributed by atoms with Crippen molar-refractivity contribution in [2.45, 2.75) is 32.2 Å². The van der Waals surface area contributed by atoms with E-state index in [0.717, 1.165) is 45.0 Å². The molecule has 1 heterocycles. The normalized spacial score (nSPS) is 16.5. The highest BCUT2D eigenvalue weighted by Gasteiger charge is 2.24. The summed E-state index contributed by atoms with van der Waals surface area (Å²) in [4.78, 5) is 12.9. The number of piperidine rings is 1. The van der Waals surface area contributed by atoms with Gasteiger partial charge in [0, 0.05) is 25.2 Å². The van der Waals surface area contributed by atoms with Crippen LogP contribution >= 0.6 is 0 Å². The molecule has 2 rings (SSSR count). The Morgan fingerprint density at radius 2 is 2.14 bits per heavy atom. The molecule has 0 saturated carbocycles. The highest BCUT2D eigenvalue weighted by molar-refractivity contribution is 5.65. The van der Waals surface area contributed by atoms with E-state index in [4.69, 9.17) is 4.74 Å². The molecule has 22 heavy (non-hydrogen) atoms. The van der Waals surface area contributed by atoms with Crippen molar-refractivity contribution >= 4 is 11.4 Å². The van der Waals surface area contributed by atoms with Gasteiger partial charge in [0.1, 0.15) is 5.69 Å². The molecule has 0 unspecified atom stereocenters. The number of likely N-dealkylation sites (tertiary alicyclic amines) is 1. The van der Waals surface area contributed by atoms with Crippen molar-refractivity contribution in [3.8, 4) is 5.75 Å². The molecule has 0 atom stereocenters. The Balaban J connectivity index is 2.10. The van der Waals surface area contributed by atoms with Crippen LogP contribution in [-0.2, 0) is 0 Å². The average molecular weight is 311 g/mol. The summed E-state index contributed by atoms with van der Waals surface area (Å²) in [5.41, 5.74) is 0.0616. The van der Waals surface area contributed by atoms with Crippen LogP contribution in [0.4, 0.5) is 15.8 Å². The van der Waals surface area contributed by atoms with Gasteiger partial charge in [-0.1, -0.05) is 6.92 Å². The van der Waals surface area contributed by atoms with Crippen molar-refractivity contribution in [3.63, 3.8) is 0 Å². The lowest BCUT2D eigenvalue weighted by molar-refractivity contribution is -0.384. The van der Waals surface area contributed by atoms with E-state index in [9.17, 15) is 14.5 Å². The minimum Gasteiger partial charge on any atom is -0.494 e. The van der Waals surface area contributed by atoms with Gasteiger partial charge < -0.3 is 15.0 Å². The molecule has 6 nitrogen and oxygen atoms in total. The fourth-order valence-electron chi connectivity index (χ4n) is 2.80. The lowest BCUT2D eigenvalue weighted by Gasteiger charge is -2.32. The zero-order valence-corrected chi connectivity index (χ0v) is 13.0. The van der Waals surface area contributed by atoms with Crippen LogP contribution in [0.1, 0.15) is 26.2 Å². The summed E-state index contributed by atoms with van der Waals surface area (Å²) in [6, 6.07) is 2.43. The van der Waals surface area contributed by atoms with Crippen molar-refractivity contribution in [2.75, 3.05) is 32.1 Å². The predicted octanol–water partition coefficient (Wildman–Crippen LogP) is 3.03.